The minimum absolute atomic E-state index is 0.204. The van der Waals surface area contributed by atoms with Crippen molar-refractivity contribution >= 4 is 10.8 Å². The normalized spacial score (nSPS) is 38.9. The lowest BCUT2D eigenvalue weighted by atomic mass is 9.84. The first kappa shape index (κ1) is 12.4. The Labute approximate surface area is 111 Å². The molecule has 2 bridgehead atoms. The van der Waals surface area contributed by atoms with Crippen molar-refractivity contribution in [1.82, 2.24) is 0 Å². The van der Waals surface area contributed by atoms with Gasteiger partial charge in [0.2, 0.25) is 0 Å². The summed E-state index contributed by atoms with van der Waals surface area (Å²) < 4.78 is 12.0. The van der Waals surface area contributed by atoms with Crippen LogP contribution in [-0.4, -0.2) is 19.8 Å². The molecule has 0 spiro atoms. The highest BCUT2D eigenvalue weighted by atomic mass is 32.2. The number of benzene rings is 1. The van der Waals surface area contributed by atoms with E-state index in [-0.39, 0.29) is 10.5 Å². The van der Waals surface area contributed by atoms with Gasteiger partial charge in [0.05, 0.1) is 5.60 Å². The Morgan fingerprint density at radius 3 is 2.33 bits per heavy atom. The molecule has 2 nitrogen and oxygen atoms in total. The maximum Gasteiger partial charge on any atom is 0.0919 e. The molecule has 0 saturated carbocycles. The van der Waals surface area contributed by atoms with Gasteiger partial charge in [-0.05, 0) is 56.2 Å². The largest absolute Gasteiger partial charge is 0.385 e. The molecule has 0 aromatic heterocycles. The molecule has 3 heteroatoms. The van der Waals surface area contributed by atoms with Crippen LogP contribution in [0.5, 0.6) is 0 Å². The molecular weight excluding hydrogens is 244 g/mol. The zero-order valence-corrected chi connectivity index (χ0v) is 11.8. The SMILES string of the molecule is Cc1ccc(C2(O)CC3CCC(C2)S3=O)cc1C. The average molecular weight is 264 g/mol. The molecule has 3 rings (SSSR count). The summed E-state index contributed by atoms with van der Waals surface area (Å²) in [5, 5.41) is 11.3. The molecule has 1 aromatic carbocycles. The summed E-state index contributed by atoms with van der Waals surface area (Å²) in [5.41, 5.74) is 2.74. The topological polar surface area (TPSA) is 37.3 Å². The third-order valence-electron chi connectivity index (χ3n) is 4.64. The van der Waals surface area contributed by atoms with Gasteiger partial charge >= 0.3 is 0 Å². The van der Waals surface area contributed by atoms with Crippen molar-refractivity contribution in [3.63, 3.8) is 0 Å². The van der Waals surface area contributed by atoms with Gasteiger partial charge in [-0.2, -0.15) is 0 Å². The molecule has 2 fully saturated rings. The third kappa shape index (κ3) is 1.84. The average Bonchev–Trinajstić information content (AvgIpc) is 2.57. The van der Waals surface area contributed by atoms with E-state index in [1.807, 2.05) is 6.07 Å². The van der Waals surface area contributed by atoms with E-state index in [1.54, 1.807) is 0 Å². The summed E-state index contributed by atoms with van der Waals surface area (Å²) in [5.74, 6) is 0. The first-order valence-electron chi connectivity index (χ1n) is 6.69. The fraction of sp³-hybridized carbons (Fsp3) is 0.600. The molecule has 1 N–H and O–H groups in total. The second-order valence-electron chi connectivity index (χ2n) is 5.89. The summed E-state index contributed by atoms with van der Waals surface area (Å²) >= 11 is 0. The third-order valence-corrected chi connectivity index (χ3v) is 6.76. The summed E-state index contributed by atoms with van der Waals surface area (Å²) in [6.45, 7) is 4.17. The maximum absolute atomic E-state index is 12.0. The van der Waals surface area contributed by atoms with Gasteiger partial charge in [0, 0.05) is 21.3 Å². The van der Waals surface area contributed by atoms with Gasteiger partial charge in [0.25, 0.3) is 0 Å². The summed E-state index contributed by atoms with van der Waals surface area (Å²) in [6.07, 6.45) is 3.37. The Bertz CT molecular complexity index is 493. The van der Waals surface area contributed by atoms with Crippen LogP contribution in [0.4, 0.5) is 0 Å². The van der Waals surface area contributed by atoms with Crippen LogP contribution < -0.4 is 0 Å². The van der Waals surface area contributed by atoms with Gasteiger partial charge in [0.1, 0.15) is 0 Å². The number of aryl methyl sites for hydroxylation is 2. The van der Waals surface area contributed by atoms with E-state index in [0.717, 1.165) is 18.4 Å². The second kappa shape index (κ2) is 4.17. The molecule has 0 radical (unpaired) electrons. The quantitative estimate of drug-likeness (QED) is 0.846. The van der Waals surface area contributed by atoms with Crippen molar-refractivity contribution < 1.29 is 9.32 Å². The molecule has 1 aromatic rings. The highest BCUT2D eigenvalue weighted by molar-refractivity contribution is 7.86. The molecule has 2 aliphatic rings. The van der Waals surface area contributed by atoms with Crippen LogP contribution in [0.2, 0.25) is 0 Å². The molecule has 98 valence electrons. The Kier molecular flexibility index (Phi) is 2.87. The standard InChI is InChI=1S/C15H20O2S/c1-10-3-4-12(7-11(10)2)15(16)8-13-5-6-14(9-15)18(13)17/h3-4,7,13-14,16H,5-6,8-9H2,1-2H3. The van der Waals surface area contributed by atoms with Gasteiger partial charge in [-0.1, -0.05) is 18.2 Å². The first-order chi connectivity index (χ1) is 8.49. The predicted molar refractivity (Wildman–Crippen MR) is 74.0 cm³/mol. The van der Waals surface area contributed by atoms with Crippen LogP contribution in [0.15, 0.2) is 18.2 Å². The van der Waals surface area contributed by atoms with Gasteiger partial charge in [-0.15, -0.1) is 0 Å². The van der Waals surface area contributed by atoms with E-state index in [0.29, 0.717) is 12.8 Å². The number of hydrogen-bond acceptors (Lipinski definition) is 2. The van der Waals surface area contributed by atoms with Crippen LogP contribution in [0.25, 0.3) is 0 Å². The lowest BCUT2D eigenvalue weighted by Gasteiger charge is -2.36. The Morgan fingerprint density at radius 2 is 1.78 bits per heavy atom. The monoisotopic (exact) mass is 264 g/mol. The van der Waals surface area contributed by atoms with Crippen LogP contribution in [0, 0.1) is 13.8 Å². The number of hydrogen-bond donors (Lipinski definition) is 1. The molecule has 0 aliphatic carbocycles. The van der Waals surface area contributed by atoms with Gasteiger partial charge in [0.15, 0.2) is 0 Å². The van der Waals surface area contributed by atoms with Crippen molar-refractivity contribution in [1.29, 1.82) is 0 Å². The lowest BCUT2D eigenvalue weighted by Crippen LogP contribution is -2.40. The zero-order valence-electron chi connectivity index (χ0n) is 11.0. The molecule has 2 heterocycles. The maximum atomic E-state index is 12.0. The Balaban J connectivity index is 1.96. The summed E-state index contributed by atoms with van der Waals surface area (Å²) in [7, 11) is -0.709. The molecule has 2 atom stereocenters. The summed E-state index contributed by atoms with van der Waals surface area (Å²) in [4.78, 5) is 0. The van der Waals surface area contributed by atoms with Gasteiger partial charge in [-0.3, -0.25) is 4.21 Å². The van der Waals surface area contributed by atoms with E-state index in [4.69, 9.17) is 0 Å². The van der Waals surface area contributed by atoms with Gasteiger partial charge < -0.3 is 5.11 Å². The smallest absolute Gasteiger partial charge is 0.0919 e. The second-order valence-corrected chi connectivity index (χ2v) is 7.88. The molecule has 2 unspecified atom stereocenters. The van der Waals surface area contributed by atoms with Crippen molar-refractivity contribution in [2.24, 2.45) is 0 Å². The van der Waals surface area contributed by atoms with E-state index in [9.17, 15) is 9.32 Å². The minimum Gasteiger partial charge on any atom is -0.385 e. The van der Waals surface area contributed by atoms with E-state index in [2.05, 4.69) is 26.0 Å². The lowest BCUT2D eigenvalue weighted by molar-refractivity contribution is 0.0184. The number of fused-ring (bicyclic) bond motifs is 2. The van der Waals surface area contributed by atoms with Gasteiger partial charge in [-0.25, -0.2) is 0 Å². The van der Waals surface area contributed by atoms with Crippen molar-refractivity contribution in [2.45, 2.75) is 55.6 Å². The van der Waals surface area contributed by atoms with Crippen molar-refractivity contribution in [3.8, 4) is 0 Å². The molecular formula is C15H20O2S. The fourth-order valence-electron chi connectivity index (χ4n) is 3.35. The van der Waals surface area contributed by atoms with Crippen molar-refractivity contribution in [2.75, 3.05) is 0 Å². The molecule has 0 amide bonds. The minimum atomic E-state index is -0.752. The summed E-state index contributed by atoms with van der Waals surface area (Å²) in [6, 6.07) is 6.22. The molecule has 18 heavy (non-hydrogen) atoms. The first-order valence-corrected chi connectivity index (χ1v) is 7.97. The van der Waals surface area contributed by atoms with Crippen LogP contribution in [0.3, 0.4) is 0 Å². The molecule has 2 aliphatic heterocycles. The zero-order chi connectivity index (χ0) is 12.9. The fourth-order valence-corrected chi connectivity index (χ4v) is 5.51. The van der Waals surface area contributed by atoms with Crippen molar-refractivity contribution in [3.05, 3.63) is 34.9 Å². The highest BCUT2D eigenvalue weighted by Crippen LogP contribution is 2.45. The van der Waals surface area contributed by atoms with E-state index < -0.39 is 16.4 Å². The predicted octanol–water partition coefficient (Wildman–Crippen LogP) is 2.56. The van der Waals surface area contributed by atoms with Crippen LogP contribution in [-0.2, 0) is 16.4 Å². The van der Waals surface area contributed by atoms with Crippen LogP contribution >= 0.6 is 0 Å². The molecule has 2 saturated heterocycles. The highest BCUT2D eigenvalue weighted by Gasteiger charge is 2.48. The van der Waals surface area contributed by atoms with Crippen LogP contribution in [0.1, 0.15) is 42.4 Å². The van der Waals surface area contributed by atoms with E-state index in [1.165, 1.54) is 11.1 Å². The number of aliphatic hydroxyl groups is 1. The van der Waals surface area contributed by atoms with E-state index >= 15 is 0 Å². The Morgan fingerprint density at radius 1 is 1.17 bits per heavy atom. The Hall–Kier alpha value is -0.670. The number of rotatable bonds is 1.